The number of rotatable bonds is 5. The average Bonchev–Trinajstić information content (AvgIpc) is 2.53. The van der Waals surface area contributed by atoms with Gasteiger partial charge in [0.05, 0.1) is 0 Å². The fourth-order valence-electron chi connectivity index (χ4n) is 4.32. The monoisotopic (exact) mass is 312 g/mol. The van der Waals surface area contributed by atoms with Gasteiger partial charge in [0.15, 0.2) is 0 Å². The van der Waals surface area contributed by atoms with Crippen LogP contribution in [-0.4, -0.2) is 12.3 Å². The van der Waals surface area contributed by atoms with E-state index in [2.05, 4.69) is 13.0 Å². The maximum atomic E-state index is 14.3. The molecule has 2 heteroatoms. The molecular weight excluding hydrogens is 278 g/mol. The quantitative estimate of drug-likeness (QED) is 0.508. The number of halogens is 2. The van der Waals surface area contributed by atoms with Crippen LogP contribution in [0, 0.1) is 29.6 Å². The highest BCUT2D eigenvalue weighted by molar-refractivity contribution is 5.12. The predicted octanol–water partition coefficient (Wildman–Crippen LogP) is 6.51. The molecule has 0 aromatic carbocycles. The standard InChI is InChI=1S/C20H34F2/c1-13(2)19(21)20(22)15(4)16-9-11-18(12-10-16)17-7-5-14(3)6-8-17/h9,13-15,17-20H,5-8,10-12H2,1-4H3. The van der Waals surface area contributed by atoms with Crippen LogP contribution in [0.25, 0.3) is 0 Å². The van der Waals surface area contributed by atoms with Crippen LogP contribution in [0.2, 0.25) is 0 Å². The smallest absolute Gasteiger partial charge is 0.138 e. The lowest BCUT2D eigenvalue weighted by molar-refractivity contribution is 0.0924. The van der Waals surface area contributed by atoms with Crippen molar-refractivity contribution in [2.45, 2.75) is 85.0 Å². The fraction of sp³-hybridized carbons (Fsp3) is 0.900. The Labute approximate surface area is 135 Å². The van der Waals surface area contributed by atoms with Crippen molar-refractivity contribution in [1.82, 2.24) is 0 Å². The summed E-state index contributed by atoms with van der Waals surface area (Å²) in [5.41, 5.74) is 1.16. The van der Waals surface area contributed by atoms with Crippen LogP contribution in [0.15, 0.2) is 11.6 Å². The Kier molecular flexibility index (Phi) is 6.46. The Bertz CT molecular complexity index is 366. The third-order valence-corrected chi connectivity index (χ3v) is 6.22. The Morgan fingerprint density at radius 1 is 0.909 bits per heavy atom. The molecule has 0 saturated heterocycles. The molecule has 2 aliphatic carbocycles. The minimum Gasteiger partial charge on any atom is -0.244 e. The van der Waals surface area contributed by atoms with Gasteiger partial charge in [-0.1, -0.05) is 52.2 Å². The Hall–Kier alpha value is -0.400. The number of hydrogen-bond donors (Lipinski definition) is 0. The zero-order valence-electron chi connectivity index (χ0n) is 14.8. The summed E-state index contributed by atoms with van der Waals surface area (Å²) in [7, 11) is 0. The molecule has 0 amide bonds. The van der Waals surface area contributed by atoms with Crippen molar-refractivity contribution < 1.29 is 8.78 Å². The molecule has 128 valence electrons. The highest BCUT2D eigenvalue weighted by Crippen LogP contribution is 2.41. The van der Waals surface area contributed by atoms with E-state index in [0.717, 1.165) is 36.2 Å². The summed E-state index contributed by atoms with van der Waals surface area (Å²) in [6, 6.07) is 0. The summed E-state index contributed by atoms with van der Waals surface area (Å²) in [5.74, 6) is 2.06. The van der Waals surface area contributed by atoms with Gasteiger partial charge in [-0.15, -0.1) is 0 Å². The largest absolute Gasteiger partial charge is 0.244 e. The van der Waals surface area contributed by atoms with Crippen LogP contribution in [0.1, 0.15) is 72.6 Å². The maximum absolute atomic E-state index is 14.3. The highest BCUT2D eigenvalue weighted by atomic mass is 19.2. The summed E-state index contributed by atoms with van der Waals surface area (Å²) in [6.07, 6.45) is 8.29. The molecule has 0 radical (unpaired) electrons. The normalized spacial score (nSPS) is 34.1. The molecule has 22 heavy (non-hydrogen) atoms. The molecule has 0 aromatic rings. The van der Waals surface area contributed by atoms with Gasteiger partial charge in [0, 0.05) is 5.92 Å². The number of hydrogen-bond acceptors (Lipinski definition) is 0. The van der Waals surface area contributed by atoms with Crippen molar-refractivity contribution in [3.05, 3.63) is 11.6 Å². The van der Waals surface area contributed by atoms with Crippen molar-refractivity contribution in [2.75, 3.05) is 0 Å². The van der Waals surface area contributed by atoms with Crippen molar-refractivity contribution >= 4 is 0 Å². The second-order valence-electron chi connectivity index (χ2n) is 8.25. The first-order valence-corrected chi connectivity index (χ1v) is 9.37. The van der Waals surface area contributed by atoms with E-state index in [0.29, 0.717) is 0 Å². The van der Waals surface area contributed by atoms with Gasteiger partial charge in [0.1, 0.15) is 12.3 Å². The Morgan fingerprint density at radius 3 is 2.05 bits per heavy atom. The van der Waals surface area contributed by atoms with Crippen molar-refractivity contribution in [1.29, 1.82) is 0 Å². The molecule has 0 N–H and O–H groups in total. The predicted molar refractivity (Wildman–Crippen MR) is 90.3 cm³/mol. The lowest BCUT2D eigenvalue weighted by atomic mass is 9.70. The summed E-state index contributed by atoms with van der Waals surface area (Å²) in [4.78, 5) is 0. The summed E-state index contributed by atoms with van der Waals surface area (Å²) in [5, 5.41) is 0. The molecule has 0 nitrogen and oxygen atoms in total. The Morgan fingerprint density at radius 2 is 1.55 bits per heavy atom. The van der Waals surface area contributed by atoms with Gasteiger partial charge in [-0.2, -0.15) is 0 Å². The van der Waals surface area contributed by atoms with E-state index in [-0.39, 0.29) is 11.8 Å². The molecule has 0 aromatic heterocycles. The highest BCUT2D eigenvalue weighted by Gasteiger charge is 2.33. The molecule has 0 bridgehead atoms. The van der Waals surface area contributed by atoms with Crippen molar-refractivity contribution in [3.63, 3.8) is 0 Å². The molecule has 0 aliphatic heterocycles. The SMILES string of the molecule is CC1CCC(C2CC=C(C(C)C(F)C(F)C(C)C)CC2)CC1. The van der Waals surface area contributed by atoms with E-state index in [1.807, 2.05) is 6.92 Å². The zero-order valence-corrected chi connectivity index (χ0v) is 14.8. The van der Waals surface area contributed by atoms with Gasteiger partial charge >= 0.3 is 0 Å². The fourth-order valence-corrected chi connectivity index (χ4v) is 4.32. The molecule has 2 aliphatic rings. The minimum atomic E-state index is -1.35. The van der Waals surface area contributed by atoms with E-state index in [1.165, 1.54) is 32.1 Å². The van der Waals surface area contributed by atoms with Gasteiger partial charge < -0.3 is 0 Å². The summed E-state index contributed by atoms with van der Waals surface area (Å²) in [6.45, 7) is 7.76. The van der Waals surface area contributed by atoms with E-state index in [4.69, 9.17) is 0 Å². The first kappa shape index (κ1) is 17.9. The number of alkyl halides is 2. The summed E-state index contributed by atoms with van der Waals surface area (Å²) < 4.78 is 28.2. The maximum Gasteiger partial charge on any atom is 0.138 e. The lowest BCUT2D eigenvalue weighted by Crippen LogP contribution is -2.31. The van der Waals surface area contributed by atoms with Crippen molar-refractivity contribution in [2.24, 2.45) is 29.6 Å². The minimum absolute atomic E-state index is 0.237. The van der Waals surface area contributed by atoms with Gasteiger partial charge in [-0.3, -0.25) is 0 Å². The van der Waals surface area contributed by atoms with Gasteiger partial charge in [0.25, 0.3) is 0 Å². The number of allylic oxidation sites excluding steroid dienone is 2. The second-order valence-corrected chi connectivity index (χ2v) is 8.25. The third-order valence-electron chi connectivity index (χ3n) is 6.22. The van der Waals surface area contributed by atoms with Crippen LogP contribution in [0.4, 0.5) is 8.78 Å². The lowest BCUT2D eigenvalue weighted by Gasteiger charge is -2.36. The van der Waals surface area contributed by atoms with E-state index >= 15 is 0 Å². The van der Waals surface area contributed by atoms with Gasteiger partial charge in [0.2, 0.25) is 0 Å². The molecule has 1 fully saturated rings. The van der Waals surface area contributed by atoms with Gasteiger partial charge in [-0.05, 0) is 55.8 Å². The molecular formula is C20H34F2. The van der Waals surface area contributed by atoms with E-state index in [9.17, 15) is 8.78 Å². The topological polar surface area (TPSA) is 0 Å². The molecule has 0 heterocycles. The van der Waals surface area contributed by atoms with Crippen LogP contribution in [-0.2, 0) is 0 Å². The molecule has 2 rings (SSSR count). The average molecular weight is 312 g/mol. The third kappa shape index (κ3) is 4.32. The van der Waals surface area contributed by atoms with Crippen LogP contribution >= 0.6 is 0 Å². The Balaban J connectivity index is 1.88. The zero-order chi connectivity index (χ0) is 16.3. The van der Waals surface area contributed by atoms with Crippen LogP contribution in [0.5, 0.6) is 0 Å². The van der Waals surface area contributed by atoms with Crippen LogP contribution in [0.3, 0.4) is 0 Å². The molecule has 1 saturated carbocycles. The van der Waals surface area contributed by atoms with E-state index < -0.39 is 12.3 Å². The molecule has 4 atom stereocenters. The molecule has 0 spiro atoms. The second kappa shape index (κ2) is 7.93. The van der Waals surface area contributed by atoms with Gasteiger partial charge in [-0.25, -0.2) is 8.78 Å². The summed E-state index contributed by atoms with van der Waals surface area (Å²) >= 11 is 0. The first-order valence-electron chi connectivity index (χ1n) is 9.37. The van der Waals surface area contributed by atoms with E-state index in [1.54, 1.807) is 13.8 Å². The first-order chi connectivity index (χ1) is 10.4. The molecule has 4 unspecified atom stereocenters. The van der Waals surface area contributed by atoms with Crippen molar-refractivity contribution in [3.8, 4) is 0 Å². The van der Waals surface area contributed by atoms with Crippen LogP contribution < -0.4 is 0 Å².